The highest BCUT2D eigenvalue weighted by molar-refractivity contribution is 6.07. The molecule has 3 aliphatic heterocycles. The normalized spacial score (nSPS) is 30.1. The van der Waals surface area contributed by atoms with Crippen molar-refractivity contribution in [3.63, 3.8) is 0 Å². The Morgan fingerprint density at radius 1 is 0.969 bits per heavy atom. The molecule has 4 amide bonds. The Kier molecular flexibility index (Phi) is 5.76. The molecular formula is C23H36N4O5. The molecule has 0 unspecified atom stereocenters. The quantitative estimate of drug-likeness (QED) is 0.626. The number of carboxylic acid groups (broad SMARTS) is 1. The van der Waals surface area contributed by atoms with Gasteiger partial charge in [0.25, 0.3) is 0 Å². The Balaban J connectivity index is 1.34. The van der Waals surface area contributed by atoms with E-state index in [0.29, 0.717) is 38.5 Å². The molecule has 32 heavy (non-hydrogen) atoms. The zero-order valence-corrected chi connectivity index (χ0v) is 19.6. The van der Waals surface area contributed by atoms with Crippen molar-refractivity contribution in [1.82, 2.24) is 20.0 Å². The van der Waals surface area contributed by atoms with Crippen LogP contribution < -0.4 is 5.32 Å². The number of amides is 4. The van der Waals surface area contributed by atoms with Crippen LogP contribution in [0.25, 0.3) is 0 Å². The number of hydrogen-bond donors (Lipinski definition) is 2. The Morgan fingerprint density at radius 2 is 1.50 bits per heavy atom. The molecular weight excluding hydrogens is 412 g/mol. The summed E-state index contributed by atoms with van der Waals surface area (Å²) in [4.78, 5) is 54.9. The van der Waals surface area contributed by atoms with E-state index in [1.165, 1.54) is 4.90 Å². The number of hydrogen-bond acceptors (Lipinski definition) is 5. The number of aliphatic carboxylic acids is 1. The van der Waals surface area contributed by atoms with Crippen molar-refractivity contribution >= 4 is 23.8 Å². The maximum atomic E-state index is 13.0. The highest BCUT2D eigenvalue weighted by Crippen LogP contribution is 2.68. The minimum absolute atomic E-state index is 0.0265. The van der Waals surface area contributed by atoms with E-state index in [-0.39, 0.29) is 28.6 Å². The fourth-order valence-electron chi connectivity index (χ4n) is 6.02. The smallest absolute Gasteiger partial charge is 0.327 e. The zero-order chi connectivity index (χ0) is 23.4. The van der Waals surface area contributed by atoms with E-state index < -0.39 is 24.0 Å². The molecule has 1 saturated carbocycles. The number of nitrogens with one attached hydrogen (secondary N) is 1. The third-order valence-electron chi connectivity index (χ3n) is 8.85. The second-order valence-corrected chi connectivity index (χ2v) is 11.0. The number of carbonyl (C=O) groups is 4. The van der Waals surface area contributed by atoms with Crippen LogP contribution in [-0.4, -0.2) is 88.9 Å². The molecule has 2 atom stereocenters. The maximum Gasteiger partial charge on any atom is 0.327 e. The number of carbonyl (C=O) groups excluding carboxylic acids is 3. The molecule has 1 aliphatic carbocycles. The van der Waals surface area contributed by atoms with Gasteiger partial charge in [-0.2, -0.15) is 0 Å². The Labute approximate surface area is 189 Å². The number of rotatable bonds is 4. The van der Waals surface area contributed by atoms with E-state index in [0.717, 1.165) is 30.8 Å². The van der Waals surface area contributed by atoms with Crippen molar-refractivity contribution < 1.29 is 24.3 Å². The van der Waals surface area contributed by atoms with Crippen molar-refractivity contribution in [2.24, 2.45) is 28.6 Å². The molecule has 3 heterocycles. The first kappa shape index (κ1) is 23.0. The Hall–Kier alpha value is -2.16. The van der Waals surface area contributed by atoms with E-state index in [1.54, 1.807) is 4.90 Å². The molecule has 0 radical (unpaired) electrons. The van der Waals surface area contributed by atoms with Crippen molar-refractivity contribution in [3.05, 3.63) is 0 Å². The summed E-state index contributed by atoms with van der Waals surface area (Å²) in [6.45, 7) is 11.6. The lowest BCUT2D eigenvalue weighted by molar-refractivity contribution is -0.167. The minimum atomic E-state index is -1.12. The standard InChI is InChI=1S/C23H36N4O5/c1-22(2)17(23(22,3)4)19(29)25-9-11-26(12-10-25)21(32)27-16(20(30)31)15(18(27)28)13-14-5-7-24-8-6-14/h14-17,24H,5-13H2,1-4H3,(H,30,31)/t15-,16+/m1/s1. The molecule has 178 valence electrons. The first-order valence-electron chi connectivity index (χ1n) is 11.8. The van der Waals surface area contributed by atoms with Gasteiger partial charge in [0.2, 0.25) is 11.8 Å². The second kappa shape index (κ2) is 8.01. The molecule has 4 fully saturated rings. The number of β-lactam (4-membered cyclic amide) rings is 1. The van der Waals surface area contributed by atoms with Crippen LogP contribution in [-0.2, 0) is 14.4 Å². The largest absolute Gasteiger partial charge is 0.480 e. The maximum absolute atomic E-state index is 13.0. The van der Waals surface area contributed by atoms with Crippen molar-refractivity contribution in [3.8, 4) is 0 Å². The minimum Gasteiger partial charge on any atom is -0.480 e. The number of urea groups is 1. The van der Waals surface area contributed by atoms with Gasteiger partial charge in [0.1, 0.15) is 0 Å². The van der Waals surface area contributed by atoms with Crippen molar-refractivity contribution in [1.29, 1.82) is 0 Å². The molecule has 0 bridgehead atoms. The molecule has 4 aliphatic rings. The lowest BCUT2D eigenvalue weighted by Gasteiger charge is -2.47. The summed E-state index contributed by atoms with van der Waals surface area (Å²) in [6.07, 6.45) is 2.37. The summed E-state index contributed by atoms with van der Waals surface area (Å²) in [5.41, 5.74) is -0.0849. The zero-order valence-electron chi connectivity index (χ0n) is 19.6. The Morgan fingerprint density at radius 3 is 2.00 bits per heavy atom. The van der Waals surface area contributed by atoms with Crippen LogP contribution in [0.3, 0.4) is 0 Å². The molecule has 4 rings (SSSR count). The van der Waals surface area contributed by atoms with Gasteiger partial charge in [-0.1, -0.05) is 27.7 Å². The van der Waals surface area contributed by atoms with Gasteiger partial charge in [0, 0.05) is 32.1 Å². The molecule has 9 heteroatoms. The number of nitrogens with zero attached hydrogens (tertiary/aromatic N) is 3. The monoisotopic (exact) mass is 448 g/mol. The number of imide groups is 1. The Bertz CT molecular complexity index is 797. The first-order chi connectivity index (χ1) is 15.0. The average Bonchev–Trinajstić information content (AvgIpc) is 3.17. The summed E-state index contributed by atoms with van der Waals surface area (Å²) in [7, 11) is 0. The molecule has 0 aromatic carbocycles. The van der Waals surface area contributed by atoms with Crippen LogP contribution in [0.4, 0.5) is 4.79 Å². The van der Waals surface area contributed by atoms with Crippen LogP contribution in [0.1, 0.15) is 47.0 Å². The highest BCUT2D eigenvalue weighted by Gasteiger charge is 2.69. The summed E-state index contributed by atoms with van der Waals surface area (Å²) < 4.78 is 0. The first-order valence-corrected chi connectivity index (χ1v) is 11.8. The SMILES string of the molecule is CC1(C)C(C(=O)N2CCN(C(=O)N3C(=O)[C@H](CC4CCNCC4)[C@H]3C(=O)O)CC2)C1(C)C. The molecule has 0 spiro atoms. The van der Waals surface area contributed by atoms with Crippen molar-refractivity contribution in [2.75, 3.05) is 39.3 Å². The van der Waals surface area contributed by atoms with Crippen LogP contribution in [0, 0.1) is 28.6 Å². The van der Waals surface area contributed by atoms with E-state index in [4.69, 9.17) is 0 Å². The predicted molar refractivity (Wildman–Crippen MR) is 117 cm³/mol. The average molecular weight is 449 g/mol. The van der Waals surface area contributed by atoms with E-state index in [1.807, 2.05) is 0 Å². The summed E-state index contributed by atoms with van der Waals surface area (Å²) >= 11 is 0. The van der Waals surface area contributed by atoms with Gasteiger partial charge in [-0.05, 0) is 49.1 Å². The predicted octanol–water partition coefficient (Wildman–Crippen LogP) is 1.23. The molecule has 3 saturated heterocycles. The fourth-order valence-corrected chi connectivity index (χ4v) is 6.02. The lowest BCUT2D eigenvalue weighted by Crippen LogP contribution is -2.69. The lowest BCUT2D eigenvalue weighted by atomic mass is 9.78. The van der Waals surface area contributed by atoms with Gasteiger partial charge in [0.05, 0.1) is 5.92 Å². The number of piperidine rings is 1. The summed E-state index contributed by atoms with van der Waals surface area (Å²) in [6, 6.07) is -1.62. The van der Waals surface area contributed by atoms with Crippen LogP contribution >= 0.6 is 0 Å². The number of carboxylic acids is 1. The number of piperazine rings is 1. The van der Waals surface area contributed by atoms with E-state index in [9.17, 15) is 24.3 Å². The van der Waals surface area contributed by atoms with Gasteiger partial charge < -0.3 is 20.2 Å². The van der Waals surface area contributed by atoms with Gasteiger partial charge >= 0.3 is 12.0 Å². The molecule has 2 N–H and O–H groups in total. The number of likely N-dealkylation sites (tertiary alicyclic amines) is 1. The highest BCUT2D eigenvalue weighted by atomic mass is 16.4. The van der Waals surface area contributed by atoms with Crippen LogP contribution in [0.5, 0.6) is 0 Å². The second-order valence-electron chi connectivity index (χ2n) is 11.0. The van der Waals surface area contributed by atoms with Gasteiger partial charge in [-0.25, -0.2) is 14.5 Å². The third kappa shape index (κ3) is 3.58. The molecule has 0 aromatic rings. The topological polar surface area (TPSA) is 110 Å². The third-order valence-corrected chi connectivity index (χ3v) is 8.85. The van der Waals surface area contributed by atoms with Gasteiger partial charge in [-0.15, -0.1) is 0 Å². The molecule has 0 aromatic heterocycles. The summed E-state index contributed by atoms with van der Waals surface area (Å²) in [5.74, 6) is -1.71. The molecule has 9 nitrogen and oxygen atoms in total. The van der Waals surface area contributed by atoms with Crippen LogP contribution in [0.15, 0.2) is 0 Å². The fraction of sp³-hybridized carbons (Fsp3) is 0.826. The van der Waals surface area contributed by atoms with E-state index >= 15 is 0 Å². The van der Waals surface area contributed by atoms with Gasteiger partial charge in [0.15, 0.2) is 6.04 Å². The summed E-state index contributed by atoms with van der Waals surface area (Å²) in [5, 5.41) is 13.0. The van der Waals surface area contributed by atoms with Crippen molar-refractivity contribution in [2.45, 2.75) is 53.0 Å². The van der Waals surface area contributed by atoms with Crippen LogP contribution in [0.2, 0.25) is 0 Å². The van der Waals surface area contributed by atoms with Gasteiger partial charge in [-0.3, -0.25) is 9.59 Å². The van der Waals surface area contributed by atoms with E-state index in [2.05, 4.69) is 33.0 Å².